The van der Waals surface area contributed by atoms with Crippen LogP contribution in [0.4, 0.5) is 0 Å². The lowest BCUT2D eigenvalue weighted by molar-refractivity contribution is 0.607. The Hall–Kier alpha value is -7.61. The number of hydrogen-bond acceptors (Lipinski definition) is 7. The van der Waals surface area contributed by atoms with Gasteiger partial charge in [0.05, 0.1) is 0 Å². The molecule has 0 aliphatic carbocycles. The second-order valence-electron chi connectivity index (χ2n) is 15.9. The average molecular weight is 815 g/mol. The van der Waals surface area contributed by atoms with Gasteiger partial charge in [0.1, 0.15) is 0 Å². The predicted molar refractivity (Wildman–Crippen MR) is 251 cm³/mol. The Bertz CT molecular complexity index is 3220. The molecule has 8 aromatic carbocycles. The van der Waals surface area contributed by atoms with Gasteiger partial charge in [0.25, 0.3) is 0 Å². The van der Waals surface area contributed by atoms with Crippen molar-refractivity contribution in [2.45, 2.75) is 29.1 Å². The third-order valence-electron chi connectivity index (χ3n) is 11.7. The number of fused-ring (bicyclic) bond motifs is 3. The molecule has 6 nitrogen and oxygen atoms in total. The van der Waals surface area contributed by atoms with Gasteiger partial charge in [-0.15, -0.1) is 0 Å². The second kappa shape index (κ2) is 15.4. The summed E-state index contributed by atoms with van der Waals surface area (Å²) in [5, 5.41) is 2.16. The molecule has 0 unspecified atom stereocenters. The summed E-state index contributed by atoms with van der Waals surface area (Å²) in [6, 6.07) is 66.9. The fourth-order valence-corrected chi connectivity index (χ4v) is 9.78. The zero-order valence-electron chi connectivity index (χ0n) is 34.1. The fourth-order valence-electron chi connectivity index (χ4n) is 8.41. The van der Waals surface area contributed by atoms with Crippen molar-refractivity contribution in [2.24, 2.45) is 0 Å². The zero-order valence-corrected chi connectivity index (χ0v) is 34.9. The minimum Gasteiger partial charge on any atom is -0.208 e. The number of aromatic nitrogens is 6. The molecular weight excluding hydrogens is 777 g/mol. The molecule has 294 valence electrons. The number of benzene rings is 8. The van der Waals surface area contributed by atoms with Gasteiger partial charge in [-0.05, 0) is 57.3 Å². The predicted octanol–water partition coefficient (Wildman–Crippen LogP) is 13.7. The van der Waals surface area contributed by atoms with Crippen LogP contribution in [0.3, 0.4) is 0 Å². The third-order valence-corrected chi connectivity index (χ3v) is 12.8. The van der Waals surface area contributed by atoms with Crippen LogP contribution in [0.2, 0.25) is 0 Å². The van der Waals surface area contributed by atoms with E-state index >= 15 is 0 Å². The van der Waals surface area contributed by atoms with E-state index in [9.17, 15) is 0 Å². The molecule has 0 fully saturated rings. The minimum atomic E-state index is -0.183. The molecule has 0 radical (unpaired) electrons. The van der Waals surface area contributed by atoms with E-state index < -0.39 is 0 Å². The van der Waals surface area contributed by atoms with Crippen LogP contribution >= 0.6 is 11.8 Å². The van der Waals surface area contributed by atoms with Crippen molar-refractivity contribution in [1.82, 2.24) is 29.9 Å². The summed E-state index contributed by atoms with van der Waals surface area (Å²) < 4.78 is 0. The molecule has 0 saturated heterocycles. The van der Waals surface area contributed by atoms with E-state index in [4.69, 9.17) is 29.9 Å². The molecular formula is C55H38N6S. The Kier molecular flexibility index (Phi) is 9.32. The quantitative estimate of drug-likeness (QED) is 0.159. The van der Waals surface area contributed by atoms with E-state index in [0.29, 0.717) is 34.9 Å². The second-order valence-corrected chi connectivity index (χ2v) is 17.0. The van der Waals surface area contributed by atoms with Crippen molar-refractivity contribution in [3.8, 4) is 79.5 Å². The molecule has 1 aliphatic rings. The Labute approximate surface area is 364 Å². The van der Waals surface area contributed by atoms with E-state index in [2.05, 4.69) is 129 Å². The summed E-state index contributed by atoms with van der Waals surface area (Å²) in [4.78, 5) is 32.9. The Morgan fingerprint density at radius 1 is 0.306 bits per heavy atom. The van der Waals surface area contributed by atoms with E-state index in [1.807, 2.05) is 90.6 Å². The average Bonchev–Trinajstić information content (AvgIpc) is 3.34. The molecule has 2 aromatic heterocycles. The van der Waals surface area contributed by atoms with Crippen LogP contribution in [-0.4, -0.2) is 29.9 Å². The molecule has 0 saturated carbocycles. The lowest BCUT2D eigenvalue weighted by Gasteiger charge is -2.34. The lowest BCUT2D eigenvalue weighted by Crippen LogP contribution is -2.23. The van der Waals surface area contributed by atoms with Gasteiger partial charge in [0.2, 0.25) is 0 Å². The van der Waals surface area contributed by atoms with Crippen molar-refractivity contribution in [3.63, 3.8) is 0 Å². The van der Waals surface area contributed by atoms with Gasteiger partial charge in [0, 0.05) is 48.6 Å². The summed E-state index contributed by atoms with van der Waals surface area (Å²) in [5.41, 5.74) is 10.2. The van der Waals surface area contributed by atoms with Crippen LogP contribution in [0.1, 0.15) is 25.0 Å². The van der Waals surface area contributed by atoms with Gasteiger partial charge in [0.15, 0.2) is 34.9 Å². The Morgan fingerprint density at radius 3 is 1.26 bits per heavy atom. The van der Waals surface area contributed by atoms with E-state index in [0.717, 1.165) is 55.3 Å². The number of hydrogen-bond donors (Lipinski definition) is 0. The van der Waals surface area contributed by atoms with Crippen LogP contribution in [0.15, 0.2) is 204 Å². The highest BCUT2D eigenvalue weighted by Crippen LogP contribution is 2.50. The molecule has 0 amide bonds. The Morgan fingerprint density at radius 2 is 0.694 bits per heavy atom. The molecule has 3 heterocycles. The molecule has 7 heteroatoms. The highest BCUT2D eigenvalue weighted by Gasteiger charge is 2.33. The number of rotatable bonds is 7. The van der Waals surface area contributed by atoms with E-state index in [-0.39, 0.29) is 5.41 Å². The molecule has 10 aromatic rings. The summed E-state index contributed by atoms with van der Waals surface area (Å²) in [6.45, 7) is 4.61. The third kappa shape index (κ3) is 6.82. The standard InChI is InChI=1S/C55H38N6S/c1-55(2)45-24-14-15-25-47(45)62-48-33-30-40(34-46(48)55)53-59-51(38-20-10-5-11-21-38)60-54(61-53)44-32-31-41(42-22-12-13-23-43(42)44)35-26-28-39(29-27-35)52-57-49(36-16-6-3-7-17-36)56-50(58-52)37-18-8-4-9-19-37/h3-34H,1-2H3. The van der Waals surface area contributed by atoms with Crippen LogP contribution in [0.25, 0.3) is 90.2 Å². The van der Waals surface area contributed by atoms with Crippen molar-refractivity contribution >= 4 is 22.5 Å². The largest absolute Gasteiger partial charge is 0.208 e. The Balaban J connectivity index is 0.994. The van der Waals surface area contributed by atoms with E-state index in [1.165, 1.54) is 20.9 Å². The first kappa shape index (κ1) is 37.4. The minimum absolute atomic E-state index is 0.183. The van der Waals surface area contributed by atoms with Crippen molar-refractivity contribution < 1.29 is 0 Å². The van der Waals surface area contributed by atoms with Crippen molar-refractivity contribution in [1.29, 1.82) is 0 Å². The zero-order chi connectivity index (χ0) is 41.6. The van der Waals surface area contributed by atoms with Crippen LogP contribution in [0.5, 0.6) is 0 Å². The highest BCUT2D eigenvalue weighted by atomic mass is 32.2. The summed E-state index contributed by atoms with van der Waals surface area (Å²) in [7, 11) is 0. The monoisotopic (exact) mass is 814 g/mol. The lowest BCUT2D eigenvalue weighted by atomic mass is 9.77. The van der Waals surface area contributed by atoms with Crippen LogP contribution in [0, 0.1) is 0 Å². The molecule has 1 aliphatic heterocycles. The highest BCUT2D eigenvalue weighted by molar-refractivity contribution is 7.99. The maximum atomic E-state index is 5.25. The van der Waals surface area contributed by atoms with Gasteiger partial charge >= 0.3 is 0 Å². The first-order chi connectivity index (χ1) is 30.5. The van der Waals surface area contributed by atoms with Crippen LogP contribution in [-0.2, 0) is 5.41 Å². The summed E-state index contributed by atoms with van der Waals surface area (Å²) in [6.07, 6.45) is 0. The first-order valence-corrected chi connectivity index (χ1v) is 21.5. The summed E-state index contributed by atoms with van der Waals surface area (Å²) >= 11 is 1.83. The van der Waals surface area contributed by atoms with Gasteiger partial charge in [-0.1, -0.05) is 195 Å². The van der Waals surface area contributed by atoms with E-state index in [1.54, 1.807) is 0 Å². The topological polar surface area (TPSA) is 77.3 Å². The molecule has 0 spiro atoms. The molecule has 0 atom stereocenters. The van der Waals surface area contributed by atoms with Crippen molar-refractivity contribution in [2.75, 3.05) is 0 Å². The van der Waals surface area contributed by atoms with Gasteiger partial charge in [-0.25, -0.2) is 29.9 Å². The SMILES string of the molecule is CC1(C)c2ccccc2Sc2ccc(-c3nc(-c4ccccc4)nc(-c4ccc(-c5ccc(-c6nc(-c7ccccc7)nc(-c7ccccc7)n6)cc5)c5ccccc45)n3)cc21. The first-order valence-electron chi connectivity index (χ1n) is 20.7. The molecule has 0 bridgehead atoms. The maximum absolute atomic E-state index is 5.25. The fraction of sp³-hybridized carbons (Fsp3) is 0.0545. The van der Waals surface area contributed by atoms with Gasteiger partial charge in [-0.3, -0.25) is 0 Å². The normalized spacial score (nSPS) is 12.7. The van der Waals surface area contributed by atoms with Gasteiger partial charge in [-0.2, -0.15) is 0 Å². The molecule has 0 N–H and O–H groups in total. The smallest absolute Gasteiger partial charge is 0.164 e. The number of nitrogens with zero attached hydrogens (tertiary/aromatic N) is 6. The van der Waals surface area contributed by atoms with Crippen LogP contribution < -0.4 is 0 Å². The maximum Gasteiger partial charge on any atom is 0.164 e. The molecule has 11 rings (SSSR count). The van der Waals surface area contributed by atoms with Crippen molar-refractivity contribution in [3.05, 3.63) is 205 Å². The molecule has 62 heavy (non-hydrogen) atoms. The summed E-state index contributed by atoms with van der Waals surface area (Å²) in [5.74, 6) is 3.80. The van der Waals surface area contributed by atoms with Gasteiger partial charge < -0.3 is 0 Å².